The molecule has 6 heteroatoms. The number of aliphatic hydroxyl groups excluding tert-OH is 1. The maximum absolute atomic E-state index is 12.4. The maximum atomic E-state index is 12.4. The highest BCUT2D eigenvalue weighted by Crippen LogP contribution is 2.30. The SMILES string of the molecule is CC(C)CNCC(O)COc1ccc(C(=O)CC(C)(C)C)c(N)c1C#N. The highest BCUT2D eigenvalue weighted by atomic mass is 16.5. The fourth-order valence-corrected chi connectivity index (χ4v) is 2.44. The van der Waals surface area contributed by atoms with Gasteiger partial charge in [0.25, 0.3) is 0 Å². The molecule has 0 saturated carbocycles. The van der Waals surface area contributed by atoms with E-state index >= 15 is 0 Å². The number of ketones is 1. The highest BCUT2D eigenvalue weighted by molar-refractivity contribution is 6.02. The van der Waals surface area contributed by atoms with Crippen molar-refractivity contribution in [3.8, 4) is 11.8 Å². The third-order valence-corrected chi connectivity index (χ3v) is 3.67. The minimum atomic E-state index is -0.705. The molecule has 1 rings (SSSR count). The molecule has 1 aromatic carbocycles. The van der Waals surface area contributed by atoms with E-state index in [1.54, 1.807) is 12.1 Å². The van der Waals surface area contributed by atoms with E-state index in [0.29, 0.717) is 24.4 Å². The number of nitriles is 1. The summed E-state index contributed by atoms with van der Waals surface area (Å²) in [6.45, 7) is 11.3. The molecular formula is C20H31N3O3. The molecule has 4 N–H and O–H groups in total. The van der Waals surface area contributed by atoms with Gasteiger partial charge in [-0.25, -0.2) is 0 Å². The fraction of sp³-hybridized carbons (Fsp3) is 0.600. The average Bonchev–Trinajstić information content (AvgIpc) is 2.50. The average molecular weight is 361 g/mol. The number of Topliss-reactive ketones (excluding diaryl/α,β-unsaturated/α-hetero) is 1. The number of aliphatic hydroxyl groups is 1. The Morgan fingerprint density at radius 2 is 2.00 bits per heavy atom. The summed E-state index contributed by atoms with van der Waals surface area (Å²) < 4.78 is 5.56. The molecule has 0 aliphatic rings. The van der Waals surface area contributed by atoms with Crippen LogP contribution in [-0.2, 0) is 0 Å². The highest BCUT2D eigenvalue weighted by Gasteiger charge is 2.22. The summed E-state index contributed by atoms with van der Waals surface area (Å²) >= 11 is 0. The van der Waals surface area contributed by atoms with Gasteiger partial charge in [-0.2, -0.15) is 5.26 Å². The summed E-state index contributed by atoms with van der Waals surface area (Å²) in [5.74, 6) is 0.669. The van der Waals surface area contributed by atoms with E-state index in [1.165, 1.54) is 0 Å². The third-order valence-electron chi connectivity index (χ3n) is 3.67. The van der Waals surface area contributed by atoms with Gasteiger partial charge in [0.1, 0.15) is 30.1 Å². The Hall–Kier alpha value is -2.10. The Bertz CT molecular complexity index is 657. The zero-order chi connectivity index (χ0) is 19.9. The van der Waals surface area contributed by atoms with Crippen LogP contribution < -0.4 is 15.8 Å². The summed E-state index contributed by atoms with van der Waals surface area (Å²) in [5.41, 5.74) is 6.47. The Morgan fingerprint density at radius 3 is 2.54 bits per heavy atom. The molecule has 0 radical (unpaired) electrons. The Labute approximate surface area is 156 Å². The minimum Gasteiger partial charge on any atom is -0.489 e. The summed E-state index contributed by atoms with van der Waals surface area (Å²) in [6.07, 6.45) is -0.369. The van der Waals surface area contributed by atoms with Crippen LogP contribution in [0.15, 0.2) is 12.1 Å². The first-order valence-electron chi connectivity index (χ1n) is 8.92. The summed E-state index contributed by atoms with van der Waals surface area (Å²) in [7, 11) is 0. The van der Waals surface area contributed by atoms with E-state index in [-0.39, 0.29) is 34.8 Å². The lowest BCUT2D eigenvalue weighted by molar-refractivity contribution is 0.0939. The van der Waals surface area contributed by atoms with Crippen molar-refractivity contribution in [1.29, 1.82) is 5.26 Å². The molecule has 0 aromatic heterocycles. The number of hydrogen-bond acceptors (Lipinski definition) is 6. The number of nitrogens with zero attached hydrogens (tertiary/aromatic N) is 1. The van der Waals surface area contributed by atoms with E-state index in [9.17, 15) is 15.2 Å². The zero-order valence-corrected chi connectivity index (χ0v) is 16.4. The summed E-state index contributed by atoms with van der Waals surface area (Å²) in [6, 6.07) is 5.16. The zero-order valence-electron chi connectivity index (χ0n) is 16.4. The molecule has 0 aliphatic carbocycles. The first-order valence-corrected chi connectivity index (χ1v) is 8.92. The van der Waals surface area contributed by atoms with Crippen LogP contribution in [-0.4, -0.2) is 36.7 Å². The van der Waals surface area contributed by atoms with Gasteiger partial charge in [-0.15, -0.1) is 0 Å². The number of benzene rings is 1. The lowest BCUT2D eigenvalue weighted by Crippen LogP contribution is -2.33. The number of nitrogens with one attached hydrogen (secondary N) is 1. The van der Waals surface area contributed by atoms with Crippen LogP contribution in [0.5, 0.6) is 5.75 Å². The predicted molar refractivity (Wildman–Crippen MR) is 103 cm³/mol. The number of nitrogens with two attached hydrogens (primary N) is 1. The third kappa shape index (κ3) is 7.03. The van der Waals surface area contributed by atoms with Crippen LogP contribution in [0.1, 0.15) is 57.0 Å². The molecular weight excluding hydrogens is 330 g/mol. The quantitative estimate of drug-likeness (QED) is 0.461. The van der Waals surface area contributed by atoms with Crippen molar-refractivity contribution in [3.63, 3.8) is 0 Å². The van der Waals surface area contributed by atoms with Gasteiger partial charge in [0.15, 0.2) is 5.78 Å². The molecule has 0 bridgehead atoms. The molecule has 0 saturated heterocycles. The van der Waals surface area contributed by atoms with E-state index in [4.69, 9.17) is 10.5 Å². The second-order valence-corrected chi connectivity index (χ2v) is 8.19. The number of carbonyl (C=O) groups is 1. The predicted octanol–water partition coefficient (Wildman–Crippen LogP) is 2.74. The molecule has 1 aromatic rings. The van der Waals surface area contributed by atoms with Crippen LogP contribution in [0.4, 0.5) is 5.69 Å². The van der Waals surface area contributed by atoms with Crippen LogP contribution in [0, 0.1) is 22.7 Å². The van der Waals surface area contributed by atoms with Gasteiger partial charge in [-0.05, 0) is 30.0 Å². The molecule has 0 amide bonds. The van der Waals surface area contributed by atoms with Crippen LogP contribution >= 0.6 is 0 Å². The van der Waals surface area contributed by atoms with Gasteiger partial charge in [0, 0.05) is 18.5 Å². The molecule has 144 valence electrons. The Balaban J connectivity index is 2.81. The monoisotopic (exact) mass is 361 g/mol. The van der Waals surface area contributed by atoms with Crippen molar-refractivity contribution in [3.05, 3.63) is 23.3 Å². The van der Waals surface area contributed by atoms with E-state index in [2.05, 4.69) is 19.2 Å². The minimum absolute atomic E-state index is 0.0362. The number of nitrogen functional groups attached to an aromatic ring is 1. The maximum Gasteiger partial charge on any atom is 0.165 e. The second-order valence-electron chi connectivity index (χ2n) is 8.19. The van der Waals surface area contributed by atoms with Gasteiger partial charge in [0.2, 0.25) is 0 Å². The van der Waals surface area contributed by atoms with Crippen LogP contribution in [0.25, 0.3) is 0 Å². The van der Waals surface area contributed by atoms with Gasteiger partial charge in [0.05, 0.1) is 5.69 Å². The summed E-state index contributed by atoms with van der Waals surface area (Å²) in [4.78, 5) is 12.4. The Kier molecular flexibility index (Phi) is 8.07. The first-order chi connectivity index (χ1) is 12.0. The molecule has 1 unspecified atom stereocenters. The lowest BCUT2D eigenvalue weighted by atomic mass is 9.87. The number of anilines is 1. The molecule has 0 fully saturated rings. The number of rotatable bonds is 9. The largest absolute Gasteiger partial charge is 0.489 e. The van der Waals surface area contributed by atoms with Gasteiger partial charge < -0.3 is 20.9 Å². The molecule has 6 nitrogen and oxygen atoms in total. The smallest absolute Gasteiger partial charge is 0.165 e. The van der Waals surface area contributed by atoms with Crippen LogP contribution in [0.3, 0.4) is 0 Å². The van der Waals surface area contributed by atoms with Crippen molar-refractivity contribution < 1.29 is 14.6 Å². The first kappa shape index (κ1) is 21.9. The van der Waals surface area contributed by atoms with Crippen molar-refractivity contribution in [2.24, 2.45) is 11.3 Å². The van der Waals surface area contributed by atoms with E-state index in [1.807, 2.05) is 26.8 Å². The molecule has 0 aliphatic heterocycles. The lowest BCUT2D eigenvalue weighted by Gasteiger charge is -2.19. The molecule has 0 heterocycles. The fourth-order valence-electron chi connectivity index (χ4n) is 2.44. The number of ether oxygens (including phenoxy) is 1. The number of hydrogen-bond donors (Lipinski definition) is 3. The Morgan fingerprint density at radius 1 is 1.35 bits per heavy atom. The van der Waals surface area contributed by atoms with Crippen LogP contribution in [0.2, 0.25) is 0 Å². The normalized spacial score (nSPS) is 12.7. The van der Waals surface area contributed by atoms with E-state index < -0.39 is 6.10 Å². The molecule has 26 heavy (non-hydrogen) atoms. The van der Waals surface area contributed by atoms with Gasteiger partial charge in [-0.3, -0.25) is 4.79 Å². The molecule has 0 spiro atoms. The topological polar surface area (TPSA) is 108 Å². The standard InChI is InChI=1S/C20H31N3O3/c1-13(2)10-23-11-14(24)12-26-18-7-6-15(19(22)16(18)9-21)17(25)8-20(3,4)5/h6-7,13-14,23-24H,8,10-12,22H2,1-5H3. The van der Waals surface area contributed by atoms with Crippen molar-refractivity contribution in [2.75, 3.05) is 25.4 Å². The van der Waals surface area contributed by atoms with E-state index in [0.717, 1.165) is 6.54 Å². The number of carbonyl (C=O) groups excluding carboxylic acids is 1. The van der Waals surface area contributed by atoms with Gasteiger partial charge in [-0.1, -0.05) is 34.6 Å². The summed E-state index contributed by atoms with van der Waals surface area (Å²) in [5, 5.41) is 22.5. The van der Waals surface area contributed by atoms with Gasteiger partial charge >= 0.3 is 0 Å². The van der Waals surface area contributed by atoms with Crippen molar-refractivity contribution >= 4 is 11.5 Å². The molecule has 1 atom stereocenters. The van der Waals surface area contributed by atoms with Crippen molar-refractivity contribution in [1.82, 2.24) is 5.32 Å². The second kappa shape index (κ2) is 9.56. The van der Waals surface area contributed by atoms with Crippen molar-refractivity contribution in [2.45, 2.75) is 47.1 Å².